The number of anilines is 1. The minimum Gasteiger partial charge on any atom is -0.459 e. The lowest BCUT2D eigenvalue weighted by molar-refractivity contribution is -0.152. The van der Waals surface area contributed by atoms with Gasteiger partial charge in [0.15, 0.2) is 0 Å². The molecule has 0 radical (unpaired) electrons. The van der Waals surface area contributed by atoms with Gasteiger partial charge in [-0.2, -0.15) is 13.2 Å². The van der Waals surface area contributed by atoms with Crippen LogP contribution in [0.2, 0.25) is 5.02 Å². The molecule has 0 saturated heterocycles. The average molecular weight is 296 g/mol. The Morgan fingerprint density at radius 3 is 2.53 bits per heavy atom. The second kappa shape index (κ2) is 5.92. The molecular formula is C11H9ClF3NO3. The van der Waals surface area contributed by atoms with Crippen molar-refractivity contribution in [2.45, 2.75) is 13.1 Å². The summed E-state index contributed by atoms with van der Waals surface area (Å²) in [6.45, 7) is 1.40. The number of carbonyl (C=O) groups is 2. The van der Waals surface area contributed by atoms with Gasteiger partial charge in [-0.05, 0) is 25.1 Å². The molecule has 1 aromatic rings. The summed E-state index contributed by atoms with van der Waals surface area (Å²) in [6, 6.07) is 2.65. The standard InChI is InChI=1S/C11H9ClF3NO3/c1-2-19-10(18)9(17)16-8-5-6(12)3-4-7(8)11(13,14)15/h3-5H,2H2,1H3,(H,16,17). The van der Waals surface area contributed by atoms with E-state index in [4.69, 9.17) is 11.6 Å². The number of hydrogen-bond donors (Lipinski definition) is 1. The van der Waals surface area contributed by atoms with E-state index in [2.05, 4.69) is 4.74 Å². The Balaban J connectivity index is 3.03. The molecule has 1 amide bonds. The molecule has 0 saturated carbocycles. The van der Waals surface area contributed by atoms with E-state index in [1.165, 1.54) is 6.92 Å². The van der Waals surface area contributed by atoms with Gasteiger partial charge >= 0.3 is 18.1 Å². The molecule has 0 spiro atoms. The van der Waals surface area contributed by atoms with Crippen LogP contribution in [0.3, 0.4) is 0 Å². The summed E-state index contributed by atoms with van der Waals surface area (Å²) < 4.78 is 42.4. The Labute approximate surface area is 111 Å². The minimum atomic E-state index is -4.68. The van der Waals surface area contributed by atoms with Gasteiger partial charge in [-0.15, -0.1) is 0 Å². The van der Waals surface area contributed by atoms with Crippen LogP contribution in [0, 0.1) is 0 Å². The first-order chi connectivity index (χ1) is 8.75. The maximum absolute atomic E-state index is 12.7. The molecular weight excluding hydrogens is 287 g/mol. The molecule has 0 fully saturated rings. The first kappa shape index (κ1) is 15.3. The molecule has 0 atom stereocenters. The van der Waals surface area contributed by atoms with Gasteiger partial charge in [0.1, 0.15) is 0 Å². The highest BCUT2D eigenvalue weighted by atomic mass is 35.5. The zero-order valence-electron chi connectivity index (χ0n) is 9.68. The number of carbonyl (C=O) groups excluding carboxylic acids is 2. The minimum absolute atomic E-state index is 0.00726. The van der Waals surface area contributed by atoms with Crippen molar-refractivity contribution < 1.29 is 27.5 Å². The van der Waals surface area contributed by atoms with Crippen LogP contribution in [-0.4, -0.2) is 18.5 Å². The van der Waals surface area contributed by atoms with Crippen LogP contribution in [0.25, 0.3) is 0 Å². The Bertz CT molecular complexity index is 502. The Kier molecular flexibility index (Phi) is 4.77. The van der Waals surface area contributed by atoms with Crippen molar-refractivity contribution in [2.75, 3.05) is 11.9 Å². The molecule has 0 bridgehead atoms. The van der Waals surface area contributed by atoms with Crippen LogP contribution in [0.4, 0.5) is 18.9 Å². The van der Waals surface area contributed by atoms with Crippen molar-refractivity contribution in [1.29, 1.82) is 0 Å². The molecule has 8 heteroatoms. The van der Waals surface area contributed by atoms with Crippen LogP contribution in [0.1, 0.15) is 12.5 Å². The number of ether oxygens (including phenoxy) is 1. The zero-order chi connectivity index (χ0) is 14.6. The third-order valence-electron chi connectivity index (χ3n) is 2.00. The van der Waals surface area contributed by atoms with Gasteiger partial charge in [-0.3, -0.25) is 4.79 Å². The predicted molar refractivity (Wildman–Crippen MR) is 61.7 cm³/mol. The fourth-order valence-corrected chi connectivity index (χ4v) is 1.41. The molecule has 0 aliphatic carbocycles. The Morgan fingerprint density at radius 1 is 1.37 bits per heavy atom. The number of hydrogen-bond acceptors (Lipinski definition) is 3. The third-order valence-corrected chi connectivity index (χ3v) is 2.23. The number of amides is 1. The van der Waals surface area contributed by atoms with Crippen LogP contribution < -0.4 is 5.32 Å². The van der Waals surface area contributed by atoms with Crippen molar-refractivity contribution in [1.82, 2.24) is 0 Å². The van der Waals surface area contributed by atoms with E-state index in [-0.39, 0.29) is 11.6 Å². The molecule has 1 rings (SSSR count). The van der Waals surface area contributed by atoms with E-state index < -0.39 is 29.3 Å². The summed E-state index contributed by atoms with van der Waals surface area (Å²) in [5.74, 6) is -2.56. The summed E-state index contributed by atoms with van der Waals surface area (Å²) >= 11 is 5.56. The van der Waals surface area contributed by atoms with Crippen LogP contribution in [0.5, 0.6) is 0 Å². The summed E-state index contributed by atoms with van der Waals surface area (Å²) in [4.78, 5) is 22.3. The largest absolute Gasteiger partial charge is 0.459 e. The molecule has 1 N–H and O–H groups in total. The molecule has 19 heavy (non-hydrogen) atoms. The highest BCUT2D eigenvalue weighted by Gasteiger charge is 2.34. The summed E-state index contributed by atoms with van der Waals surface area (Å²) in [5.41, 5.74) is -1.70. The lowest BCUT2D eigenvalue weighted by Crippen LogP contribution is -2.26. The number of alkyl halides is 3. The zero-order valence-corrected chi connectivity index (χ0v) is 10.4. The molecule has 104 valence electrons. The van der Waals surface area contributed by atoms with Crippen LogP contribution >= 0.6 is 11.6 Å². The smallest absolute Gasteiger partial charge is 0.418 e. The lowest BCUT2D eigenvalue weighted by atomic mass is 10.1. The van der Waals surface area contributed by atoms with Gasteiger partial charge in [-0.25, -0.2) is 4.79 Å². The molecule has 0 aliphatic heterocycles. The fraction of sp³-hybridized carbons (Fsp3) is 0.273. The quantitative estimate of drug-likeness (QED) is 0.674. The maximum atomic E-state index is 12.7. The Morgan fingerprint density at radius 2 is 2.00 bits per heavy atom. The van der Waals surface area contributed by atoms with Crippen molar-refractivity contribution >= 4 is 29.2 Å². The van der Waals surface area contributed by atoms with Gasteiger partial charge in [0.05, 0.1) is 17.9 Å². The van der Waals surface area contributed by atoms with E-state index >= 15 is 0 Å². The van der Waals surface area contributed by atoms with E-state index in [0.717, 1.165) is 12.1 Å². The monoisotopic (exact) mass is 295 g/mol. The van der Waals surface area contributed by atoms with Crippen molar-refractivity contribution in [2.24, 2.45) is 0 Å². The lowest BCUT2D eigenvalue weighted by Gasteiger charge is -2.13. The highest BCUT2D eigenvalue weighted by Crippen LogP contribution is 2.36. The third kappa shape index (κ3) is 4.13. The molecule has 1 aromatic carbocycles. The SMILES string of the molecule is CCOC(=O)C(=O)Nc1cc(Cl)ccc1C(F)(F)F. The van der Waals surface area contributed by atoms with Gasteiger partial charge in [-0.1, -0.05) is 11.6 Å². The van der Waals surface area contributed by atoms with E-state index in [9.17, 15) is 22.8 Å². The number of esters is 1. The van der Waals surface area contributed by atoms with Gasteiger partial charge < -0.3 is 10.1 Å². The van der Waals surface area contributed by atoms with E-state index in [1.54, 1.807) is 0 Å². The topological polar surface area (TPSA) is 55.4 Å². The van der Waals surface area contributed by atoms with Crippen LogP contribution in [-0.2, 0) is 20.5 Å². The number of nitrogens with one attached hydrogen (secondary N) is 1. The van der Waals surface area contributed by atoms with Gasteiger partial charge in [0, 0.05) is 5.02 Å². The Hall–Kier alpha value is -1.76. The second-order valence-electron chi connectivity index (χ2n) is 3.36. The fourth-order valence-electron chi connectivity index (χ4n) is 1.24. The van der Waals surface area contributed by atoms with Crippen molar-refractivity contribution in [3.05, 3.63) is 28.8 Å². The summed E-state index contributed by atoms with van der Waals surface area (Å²) in [7, 11) is 0. The number of benzene rings is 1. The highest BCUT2D eigenvalue weighted by molar-refractivity contribution is 6.37. The molecule has 0 unspecified atom stereocenters. The number of halogens is 4. The first-order valence-corrected chi connectivity index (χ1v) is 5.48. The van der Waals surface area contributed by atoms with Crippen LogP contribution in [0.15, 0.2) is 18.2 Å². The predicted octanol–water partition coefficient (Wildman–Crippen LogP) is 2.86. The first-order valence-electron chi connectivity index (χ1n) is 5.10. The van der Waals surface area contributed by atoms with Gasteiger partial charge in [0.25, 0.3) is 0 Å². The second-order valence-corrected chi connectivity index (χ2v) is 3.80. The molecule has 0 aromatic heterocycles. The average Bonchev–Trinajstić information content (AvgIpc) is 2.27. The maximum Gasteiger partial charge on any atom is 0.418 e. The molecule has 0 aliphatic rings. The normalized spacial score (nSPS) is 11.0. The van der Waals surface area contributed by atoms with Crippen molar-refractivity contribution in [3.8, 4) is 0 Å². The van der Waals surface area contributed by atoms with Crippen molar-refractivity contribution in [3.63, 3.8) is 0 Å². The van der Waals surface area contributed by atoms with E-state index in [0.29, 0.717) is 6.07 Å². The summed E-state index contributed by atoms with van der Waals surface area (Å²) in [5, 5.41) is 1.82. The number of rotatable bonds is 2. The van der Waals surface area contributed by atoms with Gasteiger partial charge in [0.2, 0.25) is 0 Å². The molecule has 0 heterocycles. The summed E-state index contributed by atoms with van der Waals surface area (Å²) in [6.07, 6.45) is -4.68. The van der Waals surface area contributed by atoms with E-state index in [1.807, 2.05) is 5.32 Å². The molecule has 4 nitrogen and oxygen atoms in total.